The van der Waals surface area contributed by atoms with Crippen LogP contribution in [0.1, 0.15) is 27.5 Å². The van der Waals surface area contributed by atoms with E-state index in [4.69, 9.17) is 10.5 Å². The summed E-state index contributed by atoms with van der Waals surface area (Å²) in [6.45, 7) is 0.0697. The zero-order valence-corrected chi connectivity index (χ0v) is 16.1. The molecule has 0 saturated carbocycles. The molecule has 1 unspecified atom stereocenters. The van der Waals surface area contributed by atoms with Crippen molar-refractivity contribution in [1.82, 2.24) is 24.5 Å². The summed E-state index contributed by atoms with van der Waals surface area (Å²) in [6, 6.07) is 7.73. The van der Waals surface area contributed by atoms with Gasteiger partial charge in [-0.2, -0.15) is 13.2 Å². The molecule has 2 aromatic heterocycles. The van der Waals surface area contributed by atoms with Gasteiger partial charge in [-0.3, -0.25) is 9.20 Å². The zero-order valence-electron chi connectivity index (χ0n) is 16.1. The van der Waals surface area contributed by atoms with Gasteiger partial charge in [0.05, 0.1) is 22.6 Å². The van der Waals surface area contributed by atoms with E-state index in [0.717, 1.165) is 12.1 Å². The van der Waals surface area contributed by atoms with Crippen molar-refractivity contribution in [1.29, 1.82) is 0 Å². The summed E-state index contributed by atoms with van der Waals surface area (Å²) in [5, 5.41) is 7.76. The van der Waals surface area contributed by atoms with Gasteiger partial charge in [-0.1, -0.05) is 6.07 Å². The number of halogens is 3. The van der Waals surface area contributed by atoms with Crippen molar-refractivity contribution in [3.8, 4) is 5.75 Å². The third-order valence-electron chi connectivity index (χ3n) is 5.38. The second-order valence-corrected chi connectivity index (χ2v) is 7.22. The van der Waals surface area contributed by atoms with Crippen LogP contribution in [0, 0.1) is 0 Å². The maximum absolute atomic E-state index is 13.2. The molecule has 4 aromatic rings. The molecule has 0 spiro atoms. The molecule has 11 heteroatoms. The van der Waals surface area contributed by atoms with E-state index in [1.165, 1.54) is 17.3 Å². The fraction of sp³-hybridized carbons (Fsp3) is 0.200. The van der Waals surface area contributed by atoms with Crippen LogP contribution in [0.4, 0.5) is 19.0 Å². The number of nitrogen functional groups attached to an aromatic ring is 1. The average Bonchev–Trinajstić information content (AvgIpc) is 3.39. The molecule has 0 bridgehead atoms. The number of carbonyl (C=O) groups excluding carboxylic acids is 1. The van der Waals surface area contributed by atoms with Gasteiger partial charge in [0.25, 0.3) is 5.91 Å². The van der Waals surface area contributed by atoms with Crippen LogP contribution < -0.4 is 10.5 Å². The highest BCUT2D eigenvalue weighted by Gasteiger charge is 2.36. The Balaban J connectivity index is 1.49. The number of carbonyl (C=O) groups is 1. The summed E-state index contributed by atoms with van der Waals surface area (Å²) in [4.78, 5) is 18.9. The first-order chi connectivity index (χ1) is 14.7. The van der Waals surface area contributed by atoms with E-state index in [1.807, 2.05) is 0 Å². The third kappa shape index (κ3) is 3.00. The highest BCUT2D eigenvalue weighted by molar-refractivity contribution is 5.98. The van der Waals surface area contributed by atoms with E-state index in [9.17, 15) is 18.0 Å². The number of hydrogen-bond donors (Lipinski definition) is 1. The molecule has 1 amide bonds. The molecule has 0 saturated heterocycles. The first-order valence-corrected chi connectivity index (χ1v) is 9.24. The van der Waals surface area contributed by atoms with Crippen LogP contribution >= 0.6 is 0 Å². The second kappa shape index (κ2) is 6.56. The monoisotopic (exact) mass is 428 g/mol. The third-order valence-corrected chi connectivity index (χ3v) is 5.38. The largest absolute Gasteiger partial charge is 0.491 e. The van der Waals surface area contributed by atoms with Gasteiger partial charge in [-0.05, 0) is 30.3 Å². The molecule has 8 nitrogen and oxygen atoms in total. The Hall–Kier alpha value is -3.89. The van der Waals surface area contributed by atoms with Crippen molar-refractivity contribution in [3.05, 3.63) is 59.4 Å². The summed E-state index contributed by atoms with van der Waals surface area (Å²) in [5.74, 6) is 0.0317. The average molecular weight is 428 g/mol. The van der Waals surface area contributed by atoms with Crippen LogP contribution in [0.15, 0.2) is 42.7 Å². The number of ether oxygens (including phenoxy) is 1. The Labute approximate surface area is 173 Å². The summed E-state index contributed by atoms with van der Waals surface area (Å²) in [7, 11) is 1.59. The fourth-order valence-electron chi connectivity index (χ4n) is 3.74. The SMILES string of the molecule is CN(C(=O)c1ccc2nc(N)c3nncn3c2c1)C1COc2cc(C(F)(F)F)ccc21. The van der Waals surface area contributed by atoms with Crippen molar-refractivity contribution in [2.75, 3.05) is 19.4 Å². The molecule has 1 atom stereocenters. The van der Waals surface area contributed by atoms with Crippen LogP contribution in [0.3, 0.4) is 0 Å². The predicted octanol–water partition coefficient (Wildman–Crippen LogP) is 3.08. The predicted molar refractivity (Wildman–Crippen MR) is 104 cm³/mol. The van der Waals surface area contributed by atoms with Crippen molar-refractivity contribution in [2.45, 2.75) is 12.2 Å². The lowest BCUT2D eigenvalue weighted by Gasteiger charge is -2.24. The van der Waals surface area contributed by atoms with Crippen LogP contribution in [-0.2, 0) is 6.18 Å². The highest BCUT2D eigenvalue weighted by Crippen LogP contribution is 2.40. The first kappa shape index (κ1) is 19.1. The number of rotatable bonds is 2. The van der Waals surface area contributed by atoms with Gasteiger partial charge < -0.3 is 15.4 Å². The molecule has 1 aliphatic heterocycles. The van der Waals surface area contributed by atoms with Crippen LogP contribution in [0.2, 0.25) is 0 Å². The minimum Gasteiger partial charge on any atom is -0.491 e. The molecule has 1 aliphatic rings. The van der Waals surface area contributed by atoms with Crippen molar-refractivity contribution >= 4 is 28.4 Å². The molecule has 0 fully saturated rings. The standard InChI is InChI=1S/C20H15F3N6O2/c1-28(15-8-31-16-7-11(20(21,22)23)3-4-12(15)16)19(30)10-2-5-13-14(6-10)29-9-25-27-18(29)17(24)26-13/h2-7,9,15H,8H2,1H3,(H2,24,26). The molecular formula is C20H15F3N6O2. The number of hydrogen-bond acceptors (Lipinski definition) is 6. The summed E-state index contributed by atoms with van der Waals surface area (Å²) in [5.41, 5.74) is 7.54. The Morgan fingerprint density at radius 3 is 2.84 bits per heavy atom. The summed E-state index contributed by atoms with van der Waals surface area (Å²) in [6.07, 6.45) is -2.98. The van der Waals surface area contributed by atoms with Gasteiger partial charge in [0.2, 0.25) is 5.65 Å². The quantitative estimate of drug-likeness (QED) is 0.527. The van der Waals surface area contributed by atoms with Crippen molar-refractivity contribution in [3.63, 3.8) is 0 Å². The van der Waals surface area contributed by atoms with E-state index in [1.54, 1.807) is 29.6 Å². The smallest absolute Gasteiger partial charge is 0.416 e. The maximum Gasteiger partial charge on any atom is 0.416 e. The summed E-state index contributed by atoms with van der Waals surface area (Å²) < 4.78 is 46.0. The highest BCUT2D eigenvalue weighted by atomic mass is 19.4. The number of benzene rings is 2. The van der Waals surface area contributed by atoms with Crippen LogP contribution in [0.5, 0.6) is 5.75 Å². The van der Waals surface area contributed by atoms with Crippen LogP contribution in [-0.4, -0.2) is 44.0 Å². The van der Waals surface area contributed by atoms with Gasteiger partial charge in [0.15, 0.2) is 5.82 Å². The second-order valence-electron chi connectivity index (χ2n) is 7.22. The van der Waals surface area contributed by atoms with Gasteiger partial charge in [-0.15, -0.1) is 10.2 Å². The minimum absolute atomic E-state index is 0.0697. The zero-order chi connectivity index (χ0) is 21.9. The van der Waals surface area contributed by atoms with Gasteiger partial charge in [-0.25, -0.2) is 4.98 Å². The normalized spacial score (nSPS) is 15.8. The number of aromatic nitrogens is 4. The van der Waals surface area contributed by atoms with Gasteiger partial charge in [0.1, 0.15) is 18.7 Å². The molecule has 5 rings (SSSR count). The van der Waals surface area contributed by atoms with Gasteiger partial charge in [0, 0.05) is 18.2 Å². The Bertz CT molecular complexity index is 1350. The van der Waals surface area contributed by atoms with E-state index in [2.05, 4.69) is 15.2 Å². The Morgan fingerprint density at radius 2 is 2.06 bits per heavy atom. The Morgan fingerprint density at radius 1 is 1.26 bits per heavy atom. The number of amides is 1. The lowest BCUT2D eigenvalue weighted by molar-refractivity contribution is -0.137. The number of nitrogens with two attached hydrogens (primary N) is 1. The number of alkyl halides is 3. The molecule has 2 aromatic carbocycles. The lowest BCUT2D eigenvalue weighted by atomic mass is 10.0. The first-order valence-electron chi connectivity index (χ1n) is 9.24. The molecule has 2 N–H and O–H groups in total. The van der Waals surface area contributed by atoms with E-state index < -0.39 is 17.8 Å². The lowest BCUT2D eigenvalue weighted by Crippen LogP contribution is -2.32. The van der Waals surface area contributed by atoms with E-state index in [-0.39, 0.29) is 24.1 Å². The molecule has 0 radical (unpaired) electrons. The summed E-state index contributed by atoms with van der Waals surface area (Å²) >= 11 is 0. The molecule has 3 heterocycles. The number of nitrogens with zero attached hydrogens (tertiary/aromatic N) is 5. The topological polar surface area (TPSA) is 98.6 Å². The van der Waals surface area contributed by atoms with E-state index >= 15 is 0 Å². The fourth-order valence-corrected chi connectivity index (χ4v) is 3.74. The molecule has 31 heavy (non-hydrogen) atoms. The molecule has 0 aliphatic carbocycles. The van der Waals surface area contributed by atoms with Gasteiger partial charge >= 0.3 is 6.18 Å². The maximum atomic E-state index is 13.2. The Kier molecular flexibility index (Phi) is 4.04. The van der Waals surface area contributed by atoms with Crippen molar-refractivity contribution in [2.24, 2.45) is 0 Å². The number of anilines is 1. The van der Waals surface area contributed by atoms with Crippen LogP contribution in [0.25, 0.3) is 16.7 Å². The molecular weight excluding hydrogens is 413 g/mol. The van der Waals surface area contributed by atoms with E-state index in [0.29, 0.717) is 27.8 Å². The number of fused-ring (bicyclic) bond motifs is 4. The minimum atomic E-state index is -4.46. The van der Waals surface area contributed by atoms with Crippen molar-refractivity contribution < 1.29 is 22.7 Å². The molecule has 158 valence electrons. The number of likely N-dealkylation sites (N-methyl/N-ethyl adjacent to an activating group) is 1.